The van der Waals surface area contributed by atoms with E-state index in [2.05, 4.69) is 87.4 Å². The molecule has 0 bridgehead atoms. The first-order valence-electron chi connectivity index (χ1n) is 11.4. The number of benzene rings is 1. The first-order valence-corrected chi connectivity index (χ1v) is 11.4. The van der Waals surface area contributed by atoms with Gasteiger partial charge in [0.1, 0.15) is 0 Å². The molecular formula is C27H50O2. The zero-order chi connectivity index (χ0) is 23.3. The van der Waals surface area contributed by atoms with Gasteiger partial charge < -0.3 is 10.2 Å². The van der Waals surface area contributed by atoms with Crippen LogP contribution in [0.25, 0.3) is 0 Å². The molecule has 0 radical (unpaired) electrons. The average Bonchev–Trinajstić information content (AvgIpc) is 2.57. The van der Waals surface area contributed by atoms with Crippen LogP contribution in [0.1, 0.15) is 125 Å². The third-order valence-electron chi connectivity index (χ3n) is 6.06. The van der Waals surface area contributed by atoms with Crippen LogP contribution in [0.4, 0.5) is 0 Å². The average molecular weight is 407 g/mol. The third-order valence-corrected chi connectivity index (χ3v) is 6.06. The molecule has 0 amide bonds. The van der Waals surface area contributed by atoms with E-state index >= 15 is 0 Å². The molecule has 0 saturated heterocycles. The van der Waals surface area contributed by atoms with Gasteiger partial charge in [0.2, 0.25) is 0 Å². The molecule has 29 heavy (non-hydrogen) atoms. The number of hydrogen-bond acceptors (Lipinski definition) is 2. The van der Waals surface area contributed by atoms with Crippen molar-refractivity contribution in [3.8, 4) is 0 Å². The summed E-state index contributed by atoms with van der Waals surface area (Å²) in [4.78, 5) is 0. The first-order chi connectivity index (χ1) is 12.9. The summed E-state index contributed by atoms with van der Waals surface area (Å²) in [6.45, 7) is 26.7. The molecule has 0 heterocycles. The summed E-state index contributed by atoms with van der Waals surface area (Å²) in [6, 6.07) is 7.15. The molecule has 0 saturated carbocycles. The smallest absolute Gasteiger partial charge is 0.156 e. The summed E-state index contributed by atoms with van der Waals surface area (Å²) in [7, 11) is 0. The predicted octanol–water partition coefficient (Wildman–Crippen LogP) is 7.48. The van der Waals surface area contributed by atoms with Crippen molar-refractivity contribution in [1.29, 1.82) is 0 Å². The van der Waals surface area contributed by atoms with Gasteiger partial charge in [-0.3, -0.25) is 0 Å². The second-order valence-corrected chi connectivity index (χ2v) is 12.0. The normalized spacial score (nSPS) is 15.0. The Kier molecular flexibility index (Phi) is 10.1. The van der Waals surface area contributed by atoms with Crippen molar-refractivity contribution >= 4 is 0 Å². The molecule has 1 unspecified atom stereocenters. The predicted molar refractivity (Wildman–Crippen MR) is 129 cm³/mol. The van der Waals surface area contributed by atoms with Gasteiger partial charge in [0.25, 0.3) is 0 Å². The van der Waals surface area contributed by atoms with E-state index in [1.54, 1.807) is 0 Å². The Morgan fingerprint density at radius 2 is 0.966 bits per heavy atom. The molecular weight excluding hydrogens is 356 g/mol. The van der Waals surface area contributed by atoms with Gasteiger partial charge in [0, 0.05) is 5.41 Å². The lowest BCUT2D eigenvalue weighted by molar-refractivity contribution is -0.133. The number of unbranched alkanes of at least 4 members (excludes halogenated alkanes) is 1. The minimum atomic E-state index is -1.17. The molecule has 170 valence electrons. The maximum Gasteiger partial charge on any atom is 0.156 e. The maximum atomic E-state index is 9.05. The van der Waals surface area contributed by atoms with Gasteiger partial charge in [-0.15, -0.1) is 0 Å². The monoisotopic (exact) mass is 406 g/mol. The minimum Gasteiger partial charge on any atom is -0.368 e. The van der Waals surface area contributed by atoms with Crippen molar-refractivity contribution in [3.63, 3.8) is 0 Å². The van der Waals surface area contributed by atoms with E-state index in [4.69, 9.17) is 10.2 Å². The van der Waals surface area contributed by atoms with Crippen molar-refractivity contribution in [3.05, 3.63) is 34.9 Å². The Balaban J connectivity index is 0.000000614. The quantitative estimate of drug-likeness (QED) is 0.497. The highest BCUT2D eigenvalue weighted by molar-refractivity contribution is 5.39. The van der Waals surface area contributed by atoms with Crippen LogP contribution in [0.15, 0.2) is 18.2 Å². The summed E-state index contributed by atoms with van der Waals surface area (Å²) in [5.74, 6) is 0. The zero-order valence-electron chi connectivity index (χ0n) is 21.5. The van der Waals surface area contributed by atoms with Crippen LogP contribution in [0.5, 0.6) is 0 Å². The molecule has 0 aliphatic carbocycles. The minimum absolute atomic E-state index is 0.210. The van der Waals surface area contributed by atoms with Crippen molar-refractivity contribution in [2.45, 2.75) is 131 Å². The topological polar surface area (TPSA) is 40.5 Å². The highest BCUT2D eigenvalue weighted by Gasteiger charge is 2.28. The highest BCUT2D eigenvalue weighted by Crippen LogP contribution is 2.34. The Morgan fingerprint density at radius 3 is 1.14 bits per heavy atom. The van der Waals surface area contributed by atoms with Gasteiger partial charge in [0.05, 0.1) is 0 Å². The lowest BCUT2D eigenvalue weighted by Crippen LogP contribution is -2.31. The fourth-order valence-electron chi connectivity index (χ4n) is 3.00. The van der Waals surface area contributed by atoms with E-state index in [1.807, 2.05) is 13.8 Å². The van der Waals surface area contributed by atoms with Crippen LogP contribution in [0.3, 0.4) is 0 Å². The van der Waals surface area contributed by atoms with Gasteiger partial charge in [-0.1, -0.05) is 114 Å². The Bertz CT molecular complexity index is 530. The van der Waals surface area contributed by atoms with E-state index in [9.17, 15) is 0 Å². The van der Waals surface area contributed by atoms with Gasteiger partial charge in [0.15, 0.2) is 6.29 Å². The molecule has 1 aromatic carbocycles. The molecule has 1 aromatic rings. The molecule has 0 aliphatic heterocycles. The van der Waals surface area contributed by atoms with E-state index in [-0.39, 0.29) is 21.7 Å². The Hall–Kier alpha value is -0.860. The Morgan fingerprint density at radius 1 is 0.655 bits per heavy atom. The molecule has 1 rings (SSSR count). The summed E-state index contributed by atoms with van der Waals surface area (Å²) < 4.78 is 0. The second kappa shape index (κ2) is 10.4. The van der Waals surface area contributed by atoms with Crippen LogP contribution in [0.2, 0.25) is 0 Å². The molecule has 2 N–H and O–H groups in total. The molecule has 0 aliphatic rings. The maximum absolute atomic E-state index is 9.05. The lowest BCUT2D eigenvalue weighted by atomic mass is 9.76. The van der Waals surface area contributed by atoms with Gasteiger partial charge in [-0.05, 0) is 45.8 Å². The standard InChI is InChI=1S/C18H30.C9H20O2/c1-16(2,3)13-10-14(17(4,5)6)12-15(11-13)18(7,8)9;1-4-6-7-9(3,5-2)8(10)11/h10-12H,1-9H3;8,10-11H,4-7H2,1-3H3. The van der Waals surface area contributed by atoms with Gasteiger partial charge >= 0.3 is 0 Å². The summed E-state index contributed by atoms with van der Waals surface area (Å²) >= 11 is 0. The van der Waals surface area contributed by atoms with E-state index < -0.39 is 6.29 Å². The third kappa shape index (κ3) is 9.22. The van der Waals surface area contributed by atoms with Gasteiger partial charge in [-0.2, -0.15) is 0 Å². The number of hydrogen-bond donors (Lipinski definition) is 2. The van der Waals surface area contributed by atoms with Crippen LogP contribution in [0, 0.1) is 5.41 Å². The summed E-state index contributed by atoms with van der Waals surface area (Å²) in [6.07, 6.45) is 2.74. The second-order valence-electron chi connectivity index (χ2n) is 12.0. The van der Waals surface area contributed by atoms with Crippen molar-refractivity contribution in [1.82, 2.24) is 0 Å². The zero-order valence-corrected chi connectivity index (χ0v) is 21.5. The highest BCUT2D eigenvalue weighted by atomic mass is 16.5. The summed E-state index contributed by atoms with van der Waals surface area (Å²) in [5.41, 5.74) is 4.67. The van der Waals surface area contributed by atoms with Crippen molar-refractivity contribution in [2.24, 2.45) is 5.41 Å². The van der Waals surface area contributed by atoms with E-state index in [0.717, 1.165) is 25.7 Å². The van der Waals surface area contributed by atoms with Crippen molar-refractivity contribution < 1.29 is 10.2 Å². The van der Waals surface area contributed by atoms with Crippen molar-refractivity contribution in [2.75, 3.05) is 0 Å². The SMILES string of the molecule is CC(C)(C)c1cc(C(C)(C)C)cc(C(C)(C)C)c1.CCCCC(C)(CC)C(O)O. The number of rotatable bonds is 5. The van der Waals surface area contributed by atoms with E-state index in [0.29, 0.717) is 0 Å². The lowest BCUT2D eigenvalue weighted by Gasteiger charge is -2.29. The van der Waals surface area contributed by atoms with Crippen LogP contribution in [-0.4, -0.2) is 16.5 Å². The van der Waals surface area contributed by atoms with Gasteiger partial charge in [-0.25, -0.2) is 0 Å². The fourth-order valence-corrected chi connectivity index (χ4v) is 3.00. The molecule has 2 nitrogen and oxygen atoms in total. The van der Waals surface area contributed by atoms with Crippen LogP contribution < -0.4 is 0 Å². The number of aliphatic hydroxyl groups is 2. The fraction of sp³-hybridized carbons (Fsp3) is 0.778. The molecule has 0 aromatic heterocycles. The first kappa shape index (κ1) is 28.1. The van der Waals surface area contributed by atoms with E-state index in [1.165, 1.54) is 16.7 Å². The molecule has 0 fully saturated rings. The number of aliphatic hydroxyl groups excluding tert-OH is 1. The van der Waals surface area contributed by atoms with Crippen LogP contribution >= 0.6 is 0 Å². The van der Waals surface area contributed by atoms with Crippen LogP contribution in [-0.2, 0) is 16.2 Å². The largest absolute Gasteiger partial charge is 0.368 e. The molecule has 0 spiro atoms. The molecule has 1 atom stereocenters. The summed E-state index contributed by atoms with van der Waals surface area (Å²) in [5, 5.41) is 18.1. The Labute approximate surface area is 182 Å². The molecule has 2 heteroatoms.